The molecule has 0 aliphatic heterocycles. The van der Waals surface area contributed by atoms with Gasteiger partial charge in [0.1, 0.15) is 0 Å². The van der Waals surface area contributed by atoms with E-state index in [1.165, 1.54) is 24.3 Å². The molecule has 0 aromatic heterocycles. The average Bonchev–Trinajstić information content (AvgIpc) is 2.42. The normalized spacial score (nSPS) is 12.2. The molecule has 2 aromatic rings. The van der Waals surface area contributed by atoms with Crippen molar-refractivity contribution in [1.82, 2.24) is 0 Å². The minimum absolute atomic E-state index is 0.0178. The Kier molecular flexibility index (Phi) is 4.54. The number of rotatable bonds is 4. The first-order valence-electron chi connectivity index (χ1n) is 6.91. The zero-order chi connectivity index (χ0) is 17.4. The standard InChI is InChI=1S/C16H19NO4S2/c1-11-9-12(2)16(13(3)10-11)17-23(20,21)15-7-5-14(6-8-15)22(4,18)19/h5-10,17H,1-4H3. The Bertz CT molecular complexity index is 921. The molecule has 2 rings (SSSR count). The summed E-state index contributed by atoms with van der Waals surface area (Å²) in [5.74, 6) is 0. The van der Waals surface area contributed by atoms with Gasteiger partial charge in [0.05, 0.1) is 15.5 Å². The molecule has 2 aromatic carbocycles. The van der Waals surface area contributed by atoms with Gasteiger partial charge in [-0.15, -0.1) is 0 Å². The monoisotopic (exact) mass is 353 g/mol. The van der Waals surface area contributed by atoms with Gasteiger partial charge in [0.2, 0.25) is 0 Å². The summed E-state index contributed by atoms with van der Waals surface area (Å²) in [6, 6.07) is 8.96. The molecule has 7 heteroatoms. The lowest BCUT2D eigenvalue weighted by Gasteiger charge is -2.14. The van der Waals surface area contributed by atoms with Crippen molar-refractivity contribution in [3.63, 3.8) is 0 Å². The number of anilines is 1. The minimum Gasteiger partial charge on any atom is -0.279 e. The van der Waals surface area contributed by atoms with Crippen LogP contribution in [0.2, 0.25) is 0 Å². The fourth-order valence-corrected chi connectivity index (χ4v) is 4.23. The highest BCUT2D eigenvalue weighted by molar-refractivity contribution is 7.92. The Balaban J connectivity index is 2.40. The molecule has 0 spiro atoms. The van der Waals surface area contributed by atoms with Gasteiger partial charge in [-0.3, -0.25) is 4.72 Å². The molecule has 0 aliphatic carbocycles. The molecule has 1 N–H and O–H groups in total. The zero-order valence-corrected chi connectivity index (χ0v) is 15.0. The van der Waals surface area contributed by atoms with Crippen LogP contribution in [0.3, 0.4) is 0 Å². The van der Waals surface area contributed by atoms with Crippen LogP contribution in [-0.2, 0) is 19.9 Å². The van der Waals surface area contributed by atoms with E-state index in [1.807, 2.05) is 32.9 Å². The van der Waals surface area contributed by atoms with Crippen LogP contribution in [-0.4, -0.2) is 23.1 Å². The van der Waals surface area contributed by atoms with Crippen LogP contribution in [0.25, 0.3) is 0 Å². The maximum atomic E-state index is 12.5. The highest BCUT2D eigenvalue weighted by Gasteiger charge is 2.18. The molecule has 0 radical (unpaired) electrons. The first-order valence-corrected chi connectivity index (χ1v) is 10.3. The van der Waals surface area contributed by atoms with Crippen LogP contribution >= 0.6 is 0 Å². The van der Waals surface area contributed by atoms with Gasteiger partial charge in [-0.2, -0.15) is 0 Å². The van der Waals surface area contributed by atoms with E-state index in [0.29, 0.717) is 5.69 Å². The second-order valence-corrected chi connectivity index (χ2v) is 9.32. The summed E-state index contributed by atoms with van der Waals surface area (Å²) in [5.41, 5.74) is 3.26. The maximum absolute atomic E-state index is 12.5. The Labute approximate surface area is 137 Å². The van der Waals surface area contributed by atoms with Gasteiger partial charge in [-0.1, -0.05) is 17.7 Å². The lowest BCUT2D eigenvalue weighted by atomic mass is 10.1. The van der Waals surface area contributed by atoms with Crippen molar-refractivity contribution in [2.24, 2.45) is 0 Å². The lowest BCUT2D eigenvalue weighted by Crippen LogP contribution is -2.15. The fourth-order valence-electron chi connectivity index (χ4n) is 2.40. The summed E-state index contributed by atoms with van der Waals surface area (Å²) < 4.78 is 50.4. The summed E-state index contributed by atoms with van der Waals surface area (Å²) in [6.45, 7) is 5.62. The molecular weight excluding hydrogens is 334 g/mol. The van der Waals surface area contributed by atoms with Gasteiger partial charge in [0, 0.05) is 6.26 Å². The molecule has 0 saturated carbocycles. The molecule has 0 unspecified atom stereocenters. The van der Waals surface area contributed by atoms with Gasteiger partial charge in [-0.25, -0.2) is 16.8 Å². The van der Waals surface area contributed by atoms with E-state index in [2.05, 4.69) is 4.72 Å². The molecule has 23 heavy (non-hydrogen) atoms. The summed E-state index contributed by atoms with van der Waals surface area (Å²) in [5, 5.41) is 0. The van der Waals surface area contributed by atoms with Crippen LogP contribution in [0.15, 0.2) is 46.2 Å². The number of sulfone groups is 1. The van der Waals surface area contributed by atoms with E-state index in [1.54, 1.807) is 0 Å². The summed E-state index contributed by atoms with van der Waals surface area (Å²) in [4.78, 5) is 0.100. The van der Waals surface area contributed by atoms with Gasteiger partial charge in [-0.05, 0) is 56.2 Å². The number of hydrogen-bond acceptors (Lipinski definition) is 4. The van der Waals surface area contributed by atoms with Crippen molar-refractivity contribution in [2.75, 3.05) is 11.0 Å². The van der Waals surface area contributed by atoms with E-state index in [-0.39, 0.29) is 9.79 Å². The molecule has 0 bridgehead atoms. The SMILES string of the molecule is Cc1cc(C)c(NS(=O)(=O)c2ccc(S(C)(=O)=O)cc2)c(C)c1. The van der Waals surface area contributed by atoms with Crippen molar-refractivity contribution >= 4 is 25.5 Å². The molecule has 0 fully saturated rings. The van der Waals surface area contributed by atoms with Crippen LogP contribution in [0, 0.1) is 20.8 Å². The minimum atomic E-state index is -3.78. The Morgan fingerprint density at radius 1 is 0.783 bits per heavy atom. The lowest BCUT2D eigenvalue weighted by molar-refractivity contribution is 0.597. The number of benzene rings is 2. The van der Waals surface area contributed by atoms with E-state index in [9.17, 15) is 16.8 Å². The molecule has 0 aliphatic rings. The second-order valence-electron chi connectivity index (χ2n) is 5.62. The van der Waals surface area contributed by atoms with Crippen molar-refractivity contribution in [3.8, 4) is 0 Å². The maximum Gasteiger partial charge on any atom is 0.261 e. The Hall–Kier alpha value is -1.86. The summed E-state index contributed by atoms with van der Waals surface area (Å²) in [6.07, 6.45) is 1.08. The van der Waals surface area contributed by atoms with E-state index >= 15 is 0 Å². The topological polar surface area (TPSA) is 80.3 Å². The van der Waals surface area contributed by atoms with Crippen molar-refractivity contribution < 1.29 is 16.8 Å². The largest absolute Gasteiger partial charge is 0.279 e. The van der Waals surface area contributed by atoms with Crippen LogP contribution in [0.5, 0.6) is 0 Å². The molecule has 0 saturated heterocycles. The molecule has 5 nitrogen and oxygen atoms in total. The second kappa shape index (κ2) is 5.98. The quantitative estimate of drug-likeness (QED) is 0.916. The molecule has 0 atom stereocenters. The van der Waals surface area contributed by atoms with Crippen molar-refractivity contribution in [2.45, 2.75) is 30.6 Å². The third-order valence-electron chi connectivity index (χ3n) is 3.48. The molecule has 0 heterocycles. The first-order chi connectivity index (χ1) is 10.5. The van der Waals surface area contributed by atoms with E-state index < -0.39 is 19.9 Å². The average molecular weight is 353 g/mol. The first kappa shape index (κ1) is 17.5. The summed E-state index contributed by atoms with van der Waals surface area (Å²) >= 11 is 0. The summed E-state index contributed by atoms with van der Waals surface area (Å²) in [7, 11) is -7.14. The predicted molar refractivity (Wildman–Crippen MR) is 91.0 cm³/mol. The van der Waals surface area contributed by atoms with E-state index in [0.717, 1.165) is 22.9 Å². The molecule has 124 valence electrons. The smallest absolute Gasteiger partial charge is 0.261 e. The highest BCUT2D eigenvalue weighted by atomic mass is 32.2. The molecular formula is C16H19NO4S2. The van der Waals surface area contributed by atoms with Gasteiger partial charge in [0.25, 0.3) is 10.0 Å². The van der Waals surface area contributed by atoms with Crippen LogP contribution in [0.4, 0.5) is 5.69 Å². The Morgan fingerprint density at radius 2 is 1.22 bits per heavy atom. The third kappa shape index (κ3) is 3.92. The van der Waals surface area contributed by atoms with Crippen LogP contribution in [0.1, 0.15) is 16.7 Å². The van der Waals surface area contributed by atoms with Gasteiger partial charge >= 0.3 is 0 Å². The fraction of sp³-hybridized carbons (Fsp3) is 0.250. The number of aryl methyl sites for hydroxylation is 3. The van der Waals surface area contributed by atoms with Gasteiger partial charge < -0.3 is 0 Å². The number of hydrogen-bond donors (Lipinski definition) is 1. The number of sulfonamides is 1. The number of nitrogens with one attached hydrogen (secondary N) is 1. The third-order valence-corrected chi connectivity index (χ3v) is 5.97. The van der Waals surface area contributed by atoms with E-state index in [4.69, 9.17) is 0 Å². The zero-order valence-electron chi connectivity index (χ0n) is 13.4. The van der Waals surface area contributed by atoms with Gasteiger partial charge in [0.15, 0.2) is 9.84 Å². The molecule has 0 amide bonds. The predicted octanol–water partition coefficient (Wildman–Crippen LogP) is 2.82. The van der Waals surface area contributed by atoms with Crippen LogP contribution < -0.4 is 4.72 Å². The van der Waals surface area contributed by atoms with Crippen molar-refractivity contribution in [1.29, 1.82) is 0 Å². The highest BCUT2D eigenvalue weighted by Crippen LogP contribution is 2.25. The Morgan fingerprint density at radius 3 is 1.65 bits per heavy atom. The van der Waals surface area contributed by atoms with Crippen molar-refractivity contribution in [3.05, 3.63) is 53.1 Å².